The Morgan fingerprint density at radius 2 is 1.51 bits per heavy atom. The van der Waals surface area contributed by atoms with Crippen LogP contribution in [0.25, 0.3) is 11.1 Å². The van der Waals surface area contributed by atoms with Crippen molar-refractivity contribution in [1.82, 2.24) is 4.90 Å². The van der Waals surface area contributed by atoms with Gasteiger partial charge in [0.2, 0.25) is 0 Å². The number of benzene rings is 3. The number of carbonyl (C=O) groups is 3. The van der Waals surface area contributed by atoms with E-state index in [1.54, 1.807) is 31.7 Å². The summed E-state index contributed by atoms with van der Waals surface area (Å²) >= 11 is 0. The van der Waals surface area contributed by atoms with E-state index < -0.39 is 17.7 Å². The van der Waals surface area contributed by atoms with Gasteiger partial charge in [0.15, 0.2) is 0 Å². The Morgan fingerprint density at radius 3 is 2.07 bits per heavy atom. The van der Waals surface area contributed by atoms with Crippen molar-refractivity contribution in [2.45, 2.75) is 39.2 Å². The molecule has 1 heterocycles. The average Bonchev–Trinajstić information content (AvgIpc) is 3.25. The minimum atomic E-state index is -1.10. The molecule has 2 amide bonds. The van der Waals surface area contributed by atoms with Gasteiger partial charge >= 0.3 is 18.2 Å². The van der Waals surface area contributed by atoms with Crippen molar-refractivity contribution in [3.63, 3.8) is 0 Å². The summed E-state index contributed by atoms with van der Waals surface area (Å²) in [6.45, 7) is 9.17. The first-order valence-corrected chi connectivity index (χ1v) is 13.7. The molecular weight excluding hydrogens is 522 g/mol. The van der Waals surface area contributed by atoms with Crippen LogP contribution in [0.5, 0.6) is 0 Å². The van der Waals surface area contributed by atoms with Gasteiger partial charge in [-0.05, 0) is 67.6 Å². The van der Waals surface area contributed by atoms with Gasteiger partial charge < -0.3 is 24.4 Å². The third-order valence-corrected chi connectivity index (χ3v) is 7.48. The fourth-order valence-electron chi connectivity index (χ4n) is 5.51. The number of rotatable bonds is 5. The van der Waals surface area contributed by atoms with Crippen molar-refractivity contribution in [2.75, 3.05) is 43.0 Å². The molecule has 3 aromatic rings. The number of hydrogen-bond acceptors (Lipinski definition) is 6. The van der Waals surface area contributed by atoms with Crippen molar-refractivity contribution < 1.29 is 29.0 Å². The smallest absolute Gasteiger partial charge is 0.412 e. The Labute approximate surface area is 239 Å². The summed E-state index contributed by atoms with van der Waals surface area (Å²) in [6, 6.07) is 19.5. The Bertz CT molecular complexity index is 1440. The van der Waals surface area contributed by atoms with Crippen molar-refractivity contribution >= 4 is 29.5 Å². The quantitative estimate of drug-likeness (QED) is 0.390. The van der Waals surface area contributed by atoms with Gasteiger partial charge in [-0.15, -0.1) is 0 Å². The molecule has 1 fully saturated rings. The fourth-order valence-corrected chi connectivity index (χ4v) is 5.51. The molecule has 214 valence electrons. The first kappa shape index (κ1) is 28.0. The molecule has 0 spiro atoms. The molecule has 0 unspecified atom stereocenters. The number of nitrogens with zero attached hydrogens (tertiary/aromatic N) is 2. The summed E-state index contributed by atoms with van der Waals surface area (Å²) in [4.78, 5) is 41.0. The number of carboxylic acid groups (broad SMARTS) is 1. The number of fused-ring (bicyclic) bond motifs is 3. The minimum absolute atomic E-state index is 0.00931. The molecular formula is C32H35N3O6. The highest BCUT2D eigenvalue weighted by Crippen LogP contribution is 2.44. The van der Waals surface area contributed by atoms with Crippen LogP contribution in [0.2, 0.25) is 0 Å². The van der Waals surface area contributed by atoms with E-state index in [1.165, 1.54) is 17.2 Å². The van der Waals surface area contributed by atoms with Gasteiger partial charge in [0, 0.05) is 43.5 Å². The van der Waals surface area contributed by atoms with Crippen LogP contribution in [0, 0.1) is 6.92 Å². The van der Waals surface area contributed by atoms with E-state index in [1.807, 2.05) is 36.1 Å². The van der Waals surface area contributed by atoms with Crippen LogP contribution in [0.15, 0.2) is 60.7 Å². The first-order valence-electron chi connectivity index (χ1n) is 13.7. The second kappa shape index (κ2) is 11.2. The molecule has 9 heteroatoms. The lowest BCUT2D eigenvalue weighted by Gasteiger charge is -2.36. The topological polar surface area (TPSA) is 108 Å². The van der Waals surface area contributed by atoms with Crippen molar-refractivity contribution in [3.05, 3.63) is 82.9 Å². The Balaban J connectivity index is 1.24. The number of carbonyl (C=O) groups excluding carboxylic acids is 2. The molecule has 9 nitrogen and oxygen atoms in total. The summed E-state index contributed by atoms with van der Waals surface area (Å²) in [6.07, 6.45) is -1.02. The minimum Gasteiger partial charge on any atom is -0.478 e. The van der Waals surface area contributed by atoms with Gasteiger partial charge in [0.05, 0.1) is 5.56 Å². The number of hydrogen-bond donors (Lipinski definition) is 2. The first-order chi connectivity index (χ1) is 19.5. The van der Waals surface area contributed by atoms with Gasteiger partial charge in [0.25, 0.3) is 0 Å². The summed E-state index contributed by atoms with van der Waals surface area (Å²) in [5, 5.41) is 12.4. The van der Waals surface area contributed by atoms with Crippen LogP contribution in [0.1, 0.15) is 53.7 Å². The van der Waals surface area contributed by atoms with E-state index in [9.17, 15) is 19.5 Å². The molecule has 3 aromatic carbocycles. The molecule has 1 saturated heterocycles. The zero-order chi connectivity index (χ0) is 29.3. The van der Waals surface area contributed by atoms with Crippen LogP contribution in [0.4, 0.5) is 21.0 Å². The molecule has 2 aliphatic rings. The van der Waals surface area contributed by atoms with E-state index >= 15 is 0 Å². The van der Waals surface area contributed by atoms with Gasteiger partial charge in [-0.25, -0.2) is 14.4 Å². The lowest BCUT2D eigenvalue weighted by molar-refractivity contribution is 0.0632. The van der Waals surface area contributed by atoms with Gasteiger partial charge in [-0.2, -0.15) is 0 Å². The monoisotopic (exact) mass is 557 g/mol. The van der Waals surface area contributed by atoms with Gasteiger partial charge in [-0.1, -0.05) is 48.5 Å². The summed E-state index contributed by atoms with van der Waals surface area (Å²) < 4.78 is 11.2. The number of piperazine rings is 1. The number of carboxylic acids is 1. The molecule has 0 aromatic heterocycles. The van der Waals surface area contributed by atoms with Crippen molar-refractivity contribution in [1.29, 1.82) is 0 Å². The fraction of sp³-hybridized carbons (Fsp3) is 0.344. The SMILES string of the molecule is Cc1c(NC(=O)OC(C)(C)C)cc(C(=O)O)cc1N1CCN(C(=O)OCC2c3ccccc3-c3ccccc32)CC1. The molecule has 41 heavy (non-hydrogen) atoms. The molecule has 0 atom stereocenters. The highest BCUT2D eigenvalue weighted by Gasteiger charge is 2.31. The largest absolute Gasteiger partial charge is 0.478 e. The molecule has 2 N–H and O–H groups in total. The highest BCUT2D eigenvalue weighted by atomic mass is 16.6. The predicted molar refractivity (Wildman–Crippen MR) is 157 cm³/mol. The Morgan fingerprint density at radius 1 is 0.927 bits per heavy atom. The maximum atomic E-state index is 13.1. The van der Waals surface area contributed by atoms with Crippen LogP contribution < -0.4 is 10.2 Å². The van der Waals surface area contributed by atoms with Crippen LogP contribution >= 0.6 is 0 Å². The second-order valence-electron chi connectivity index (χ2n) is 11.4. The standard InChI is InChI=1S/C32H35N3O6/c1-20-27(33-30(38)41-32(2,3)4)17-21(29(36)37)18-28(20)34-13-15-35(16-14-34)31(39)40-19-26-24-11-7-5-9-22(24)23-10-6-8-12-25(23)26/h5-12,17-18,26H,13-16,19H2,1-4H3,(H,33,38)(H,36,37). The summed E-state index contributed by atoms with van der Waals surface area (Å²) in [5.41, 5.74) is 5.81. The van der Waals surface area contributed by atoms with Crippen molar-refractivity contribution in [2.24, 2.45) is 0 Å². The van der Waals surface area contributed by atoms with Gasteiger partial charge in [0.1, 0.15) is 12.2 Å². The lowest BCUT2D eigenvalue weighted by Crippen LogP contribution is -2.49. The highest BCUT2D eigenvalue weighted by molar-refractivity contribution is 5.95. The van der Waals surface area contributed by atoms with Crippen LogP contribution in [-0.2, 0) is 9.47 Å². The third-order valence-electron chi connectivity index (χ3n) is 7.48. The van der Waals surface area contributed by atoms with E-state index in [4.69, 9.17) is 9.47 Å². The van der Waals surface area contributed by atoms with E-state index in [-0.39, 0.29) is 24.2 Å². The number of anilines is 2. The Hall–Kier alpha value is -4.53. The molecule has 5 rings (SSSR count). The average molecular weight is 558 g/mol. The van der Waals surface area contributed by atoms with E-state index in [2.05, 4.69) is 29.6 Å². The van der Waals surface area contributed by atoms with E-state index in [0.717, 1.165) is 16.7 Å². The maximum Gasteiger partial charge on any atom is 0.412 e. The number of aromatic carboxylic acids is 1. The molecule has 0 saturated carbocycles. The summed E-state index contributed by atoms with van der Waals surface area (Å²) in [5.74, 6) is -1.11. The Kier molecular flexibility index (Phi) is 7.62. The van der Waals surface area contributed by atoms with Crippen LogP contribution in [-0.4, -0.2) is 66.5 Å². The number of nitrogens with one attached hydrogen (secondary N) is 1. The maximum absolute atomic E-state index is 13.1. The van der Waals surface area contributed by atoms with Crippen LogP contribution in [0.3, 0.4) is 0 Å². The molecule has 0 bridgehead atoms. The predicted octanol–water partition coefficient (Wildman–Crippen LogP) is 6.11. The zero-order valence-electron chi connectivity index (χ0n) is 23.8. The molecule has 0 radical (unpaired) electrons. The number of amides is 2. The molecule has 1 aliphatic heterocycles. The normalized spacial score (nSPS) is 14.7. The third kappa shape index (κ3) is 5.99. The van der Waals surface area contributed by atoms with Crippen molar-refractivity contribution in [3.8, 4) is 11.1 Å². The van der Waals surface area contributed by atoms with E-state index in [0.29, 0.717) is 37.6 Å². The second-order valence-corrected chi connectivity index (χ2v) is 11.4. The summed E-state index contributed by atoms with van der Waals surface area (Å²) in [7, 11) is 0. The van der Waals surface area contributed by atoms with Gasteiger partial charge in [-0.3, -0.25) is 5.32 Å². The lowest BCUT2D eigenvalue weighted by atomic mass is 9.98. The molecule has 1 aliphatic carbocycles. The zero-order valence-corrected chi connectivity index (χ0v) is 23.8. The number of ether oxygens (including phenoxy) is 2.